The molecule has 152 valence electrons. The quantitative estimate of drug-likeness (QED) is 0.628. The lowest BCUT2D eigenvalue weighted by Crippen LogP contribution is -2.17. The van der Waals surface area contributed by atoms with Crippen LogP contribution < -0.4 is 10.1 Å². The van der Waals surface area contributed by atoms with Crippen LogP contribution in [0.3, 0.4) is 0 Å². The lowest BCUT2D eigenvalue weighted by Gasteiger charge is -2.11. The van der Waals surface area contributed by atoms with Crippen molar-refractivity contribution in [2.45, 2.75) is 27.7 Å². The molecule has 3 aromatic rings. The van der Waals surface area contributed by atoms with E-state index in [0.29, 0.717) is 35.3 Å². The van der Waals surface area contributed by atoms with E-state index < -0.39 is 5.82 Å². The summed E-state index contributed by atoms with van der Waals surface area (Å²) in [7, 11) is 0. The molecule has 7 heteroatoms. The molecule has 0 unspecified atom stereocenters. The Kier molecular flexibility index (Phi) is 6.26. The molecule has 1 aromatic heterocycles. The number of benzene rings is 2. The van der Waals surface area contributed by atoms with E-state index in [-0.39, 0.29) is 17.8 Å². The molecule has 1 amide bonds. The number of ether oxygens (including phenoxy) is 1. The van der Waals surface area contributed by atoms with Crippen molar-refractivity contribution in [3.8, 4) is 23.1 Å². The third kappa shape index (κ3) is 4.99. The summed E-state index contributed by atoms with van der Waals surface area (Å²) in [6.45, 7) is 8.15. The molecule has 29 heavy (non-hydrogen) atoms. The molecular weight excluding hydrogens is 371 g/mol. The van der Waals surface area contributed by atoms with E-state index in [9.17, 15) is 9.18 Å². The minimum absolute atomic E-state index is 0.0870. The molecule has 0 atom stereocenters. The molecule has 0 spiro atoms. The SMILES string of the molecule is CC(C)COc1nc(-c2ccccc2F)n(-c2cccc(NC(=O)C(C)C)c2)n1. The molecule has 1 heterocycles. The van der Waals surface area contributed by atoms with Crippen molar-refractivity contribution >= 4 is 11.6 Å². The largest absolute Gasteiger partial charge is 0.462 e. The first-order valence-electron chi connectivity index (χ1n) is 9.61. The first-order valence-corrected chi connectivity index (χ1v) is 9.61. The van der Waals surface area contributed by atoms with Crippen molar-refractivity contribution in [2.75, 3.05) is 11.9 Å². The number of amides is 1. The van der Waals surface area contributed by atoms with E-state index in [1.807, 2.05) is 33.8 Å². The molecule has 0 saturated heterocycles. The van der Waals surface area contributed by atoms with Crippen molar-refractivity contribution in [3.63, 3.8) is 0 Å². The standard InChI is InChI=1S/C22H25FN4O2/c1-14(2)13-29-22-25-20(18-10-5-6-11-19(18)23)27(26-22)17-9-7-8-16(12-17)24-21(28)15(3)4/h5-12,14-15H,13H2,1-4H3,(H,24,28). The van der Waals surface area contributed by atoms with Crippen LogP contribution in [0, 0.1) is 17.7 Å². The Balaban J connectivity index is 2.03. The molecule has 0 bridgehead atoms. The van der Waals surface area contributed by atoms with Crippen LogP contribution in [0.1, 0.15) is 27.7 Å². The van der Waals surface area contributed by atoms with Gasteiger partial charge in [0.25, 0.3) is 0 Å². The van der Waals surface area contributed by atoms with Gasteiger partial charge in [-0.2, -0.15) is 4.98 Å². The number of nitrogens with one attached hydrogen (secondary N) is 1. The molecule has 1 N–H and O–H groups in total. The third-order valence-electron chi connectivity index (χ3n) is 4.13. The highest BCUT2D eigenvalue weighted by Gasteiger charge is 2.18. The summed E-state index contributed by atoms with van der Waals surface area (Å²) in [6, 6.07) is 13.7. The minimum Gasteiger partial charge on any atom is -0.462 e. The van der Waals surface area contributed by atoms with Gasteiger partial charge in [0.05, 0.1) is 17.9 Å². The number of rotatable bonds is 7. The first-order chi connectivity index (χ1) is 13.8. The number of hydrogen-bond acceptors (Lipinski definition) is 4. The molecule has 6 nitrogen and oxygen atoms in total. The van der Waals surface area contributed by atoms with Crippen LogP contribution in [0.2, 0.25) is 0 Å². The van der Waals surface area contributed by atoms with Gasteiger partial charge >= 0.3 is 6.01 Å². The van der Waals surface area contributed by atoms with Crippen molar-refractivity contribution < 1.29 is 13.9 Å². The Bertz CT molecular complexity index is 998. The number of carbonyl (C=O) groups is 1. The predicted octanol–water partition coefficient (Wildman–Crippen LogP) is 4.70. The molecule has 0 aliphatic heterocycles. The zero-order chi connectivity index (χ0) is 21.0. The van der Waals surface area contributed by atoms with E-state index in [1.54, 1.807) is 36.4 Å². The highest BCUT2D eigenvalue weighted by atomic mass is 19.1. The normalized spacial score (nSPS) is 11.1. The maximum atomic E-state index is 14.5. The molecular formula is C22H25FN4O2. The van der Waals surface area contributed by atoms with Crippen LogP contribution in [0.5, 0.6) is 6.01 Å². The summed E-state index contributed by atoms with van der Waals surface area (Å²) >= 11 is 0. The molecule has 0 aliphatic carbocycles. The fraction of sp³-hybridized carbons (Fsp3) is 0.318. The summed E-state index contributed by atoms with van der Waals surface area (Å²) in [6.07, 6.45) is 0. The van der Waals surface area contributed by atoms with Crippen LogP contribution in [-0.4, -0.2) is 27.3 Å². The number of nitrogens with zero attached hydrogens (tertiary/aromatic N) is 3. The molecule has 2 aromatic carbocycles. The monoisotopic (exact) mass is 396 g/mol. The fourth-order valence-corrected chi connectivity index (χ4v) is 2.59. The number of aromatic nitrogens is 3. The van der Waals surface area contributed by atoms with Crippen LogP contribution in [0.4, 0.5) is 10.1 Å². The summed E-state index contributed by atoms with van der Waals surface area (Å²) in [5, 5.41) is 7.29. The number of carbonyl (C=O) groups excluding carboxylic acids is 1. The summed E-state index contributed by atoms with van der Waals surface area (Å²) < 4.78 is 21.6. The van der Waals surface area contributed by atoms with Gasteiger partial charge in [-0.05, 0) is 36.2 Å². The minimum atomic E-state index is -0.402. The number of hydrogen-bond donors (Lipinski definition) is 1. The summed E-state index contributed by atoms with van der Waals surface area (Å²) in [5.41, 5.74) is 1.58. The van der Waals surface area contributed by atoms with E-state index in [4.69, 9.17) is 4.74 Å². The Hall–Kier alpha value is -3.22. The van der Waals surface area contributed by atoms with E-state index >= 15 is 0 Å². The second kappa shape index (κ2) is 8.86. The fourth-order valence-electron chi connectivity index (χ4n) is 2.59. The third-order valence-corrected chi connectivity index (χ3v) is 4.13. The average molecular weight is 396 g/mol. The van der Waals surface area contributed by atoms with Crippen molar-refractivity contribution in [2.24, 2.45) is 11.8 Å². The Morgan fingerprint density at radius 3 is 2.59 bits per heavy atom. The summed E-state index contributed by atoms with van der Waals surface area (Å²) in [4.78, 5) is 16.4. The van der Waals surface area contributed by atoms with Gasteiger partial charge in [0.2, 0.25) is 5.91 Å². The molecule has 0 saturated carbocycles. The van der Waals surface area contributed by atoms with Gasteiger partial charge in [0.1, 0.15) is 5.82 Å². The van der Waals surface area contributed by atoms with Gasteiger partial charge < -0.3 is 10.1 Å². The highest BCUT2D eigenvalue weighted by Crippen LogP contribution is 2.27. The van der Waals surface area contributed by atoms with Crippen LogP contribution in [0.15, 0.2) is 48.5 Å². The Morgan fingerprint density at radius 1 is 1.14 bits per heavy atom. The zero-order valence-electron chi connectivity index (χ0n) is 17.0. The van der Waals surface area contributed by atoms with Gasteiger partial charge in [0.15, 0.2) is 5.82 Å². The van der Waals surface area contributed by atoms with E-state index in [1.165, 1.54) is 10.7 Å². The maximum absolute atomic E-state index is 14.5. The predicted molar refractivity (Wildman–Crippen MR) is 111 cm³/mol. The molecule has 0 fully saturated rings. The maximum Gasteiger partial charge on any atom is 0.336 e. The molecule has 0 radical (unpaired) electrons. The zero-order valence-corrected chi connectivity index (χ0v) is 17.0. The molecule has 0 aliphatic rings. The number of halogens is 1. The van der Waals surface area contributed by atoms with Crippen LogP contribution >= 0.6 is 0 Å². The van der Waals surface area contributed by atoms with Crippen LogP contribution in [0.25, 0.3) is 17.1 Å². The van der Waals surface area contributed by atoms with Gasteiger partial charge in [-0.3, -0.25) is 4.79 Å². The highest BCUT2D eigenvalue weighted by molar-refractivity contribution is 5.92. The smallest absolute Gasteiger partial charge is 0.336 e. The second-order valence-corrected chi connectivity index (χ2v) is 7.51. The van der Waals surface area contributed by atoms with Crippen molar-refractivity contribution in [3.05, 3.63) is 54.3 Å². The Labute approximate surface area is 169 Å². The van der Waals surface area contributed by atoms with E-state index in [2.05, 4.69) is 15.4 Å². The first kappa shape index (κ1) is 20.5. The topological polar surface area (TPSA) is 69.0 Å². The second-order valence-electron chi connectivity index (χ2n) is 7.51. The average Bonchev–Trinajstić information content (AvgIpc) is 3.11. The van der Waals surface area contributed by atoms with Crippen LogP contribution in [-0.2, 0) is 4.79 Å². The van der Waals surface area contributed by atoms with E-state index in [0.717, 1.165) is 0 Å². The van der Waals surface area contributed by atoms with Crippen molar-refractivity contribution in [1.29, 1.82) is 0 Å². The lowest BCUT2D eigenvalue weighted by molar-refractivity contribution is -0.118. The molecule has 3 rings (SSSR count). The number of anilines is 1. The lowest BCUT2D eigenvalue weighted by atomic mass is 10.2. The van der Waals surface area contributed by atoms with Crippen molar-refractivity contribution in [1.82, 2.24) is 14.8 Å². The van der Waals surface area contributed by atoms with Gasteiger partial charge in [-0.1, -0.05) is 45.9 Å². The van der Waals surface area contributed by atoms with Gasteiger partial charge in [-0.15, -0.1) is 5.10 Å². The van der Waals surface area contributed by atoms with Gasteiger partial charge in [0, 0.05) is 11.6 Å². The van der Waals surface area contributed by atoms with Gasteiger partial charge in [-0.25, -0.2) is 9.07 Å². The Morgan fingerprint density at radius 2 is 1.90 bits per heavy atom. The summed E-state index contributed by atoms with van der Waals surface area (Å²) in [5.74, 6) is -0.00508.